The van der Waals surface area contributed by atoms with Crippen LogP contribution in [0.5, 0.6) is 0 Å². The Morgan fingerprint density at radius 1 is 1.03 bits per heavy atom. The summed E-state index contributed by atoms with van der Waals surface area (Å²) in [5.74, 6) is -0.362. The lowest BCUT2D eigenvalue weighted by Crippen LogP contribution is -2.49. The second-order valence-electron chi connectivity index (χ2n) is 7.36. The molecule has 4 rings (SSSR count). The molecule has 31 heavy (non-hydrogen) atoms. The van der Waals surface area contributed by atoms with E-state index in [9.17, 15) is 13.6 Å². The molecule has 2 aromatic carbocycles. The number of nitrogens with one attached hydrogen (secondary N) is 1. The molecule has 0 bridgehead atoms. The number of benzene rings is 2. The van der Waals surface area contributed by atoms with Crippen LogP contribution in [0, 0.1) is 11.6 Å². The van der Waals surface area contributed by atoms with Crippen molar-refractivity contribution in [2.45, 2.75) is 6.04 Å². The summed E-state index contributed by atoms with van der Waals surface area (Å²) in [5.41, 5.74) is 1.21. The molecule has 1 aliphatic heterocycles. The first-order valence-corrected chi connectivity index (χ1v) is 10.4. The minimum absolute atomic E-state index is 0.0694. The van der Waals surface area contributed by atoms with E-state index in [0.29, 0.717) is 6.54 Å². The zero-order valence-electron chi connectivity index (χ0n) is 16.7. The van der Waals surface area contributed by atoms with Gasteiger partial charge in [0, 0.05) is 38.4 Å². The van der Waals surface area contributed by atoms with Crippen molar-refractivity contribution in [2.75, 3.05) is 37.6 Å². The van der Waals surface area contributed by atoms with Crippen LogP contribution in [-0.2, 0) is 0 Å². The van der Waals surface area contributed by atoms with E-state index in [1.165, 1.54) is 24.3 Å². The first-order valence-electron chi connectivity index (χ1n) is 10.0. The largest absolute Gasteiger partial charge is 0.468 e. The normalized spacial score (nSPS) is 15.6. The second-order valence-corrected chi connectivity index (χ2v) is 7.77. The van der Waals surface area contributed by atoms with Gasteiger partial charge >= 0.3 is 0 Å². The highest BCUT2D eigenvalue weighted by Gasteiger charge is 2.27. The van der Waals surface area contributed by atoms with Crippen molar-refractivity contribution in [3.05, 3.63) is 88.8 Å². The number of hydrogen-bond acceptors (Lipinski definition) is 4. The van der Waals surface area contributed by atoms with E-state index in [2.05, 4.69) is 15.1 Å². The highest BCUT2D eigenvalue weighted by atomic mass is 35.5. The van der Waals surface area contributed by atoms with Crippen LogP contribution < -0.4 is 10.2 Å². The van der Waals surface area contributed by atoms with Crippen molar-refractivity contribution in [3.63, 3.8) is 0 Å². The molecule has 1 N–H and O–H groups in total. The maximum atomic E-state index is 13.3. The standard InChI is InChI=1S/C23H22ClF2N3O2/c24-20-14-17(26)5-8-19(20)23(30)27-15-21(22-2-1-13-31-22)29-11-9-28(10-12-29)18-6-3-16(25)4-7-18/h1-8,13-14,21H,9-12,15H2,(H,27,30). The molecule has 1 fully saturated rings. The highest BCUT2D eigenvalue weighted by molar-refractivity contribution is 6.33. The Hall–Kier alpha value is -2.90. The molecule has 0 radical (unpaired) electrons. The molecule has 1 atom stereocenters. The molecular weight excluding hydrogens is 424 g/mol. The third-order valence-corrected chi connectivity index (χ3v) is 5.76. The number of hydrogen-bond donors (Lipinski definition) is 1. The topological polar surface area (TPSA) is 48.7 Å². The van der Waals surface area contributed by atoms with Crippen molar-refractivity contribution in [3.8, 4) is 0 Å². The van der Waals surface area contributed by atoms with Crippen LogP contribution in [0.25, 0.3) is 0 Å². The summed E-state index contributed by atoms with van der Waals surface area (Å²) in [5, 5.41) is 2.96. The van der Waals surface area contributed by atoms with Gasteiger partial charge in [-0.05, 0) is 54.6 Å². The molecule has 1 saturated heterocycles. The van der Waals surface area contributed by atoms with E-state index in [-0.39, 0.29) is 28.4 Å². The van der Waals surface area contributed by atoms with Gasteiger partial charge in [0.25, 0.3) is 5.91 Å². The number of amides is 1. The maximum Gasteiger partial charge on any atom is 0.252 e. The number of furan rings is 1. The van der Waals surface area contributed by atoms with Gasteiger partial charge in [-0.3, -0.25) is 9.69 Å². The smallest absolute Gasteiger partial charge is 0.252 e. The number of nitrogens with zero attached hydrogens (tertiary/aromatic N) is 2. The third kappa shape index (κ3) is 5.06. The van der Waals surface area contributed by atoms with Gasteiger partial charge < -0.3 is 14.6 Å². The highest BCUT2D eigenvalue weighted by Crippen LogP contribution is 2.25. The molecule has 5 nitrogen and oxygen atoms in total. The lowest BCUT2D eigenvalue weighted by atomic mass is 10.1. The SMILES string of the molecule is O=C(NCC(c1ccco1)N1CCN(c2ccc(F)cc2)CC1)c1ccc(F)cc1Cl. The lowest BCUT2D eigenvalue weighted by molar-refractivity contribution is 0.0923. The summed E-state index contributed by atoms with van der Waals surface area (Å²) in [6.45, 7) is 3.34. The van der Waals surface area contributed by atoms with Crippen LogP contribution in [0.15, 0.2) is 65.3 Å². The zero-order valence-corrected chi connectivity index (χ0v) is 17.5. The van der Waals surface area contributed by atoms with Crippen LogP contribution in [0.4, 0.5) is 14.5 Å². The first kappa shape index (κ1) is 21.3. The minimum atomic E-state index is -0.492. The summed E-state index contributed by atoms with van der Waals surface area (Å²) in [4.78, 5) is 17.0. The van der Waals surface area contributed by atoms with Gasteiger partial charge in [-0.2, -0.15) is 0 Å². The van der Waals surface area contributed by atoms with Crippen molar-refractivity contribution in [2.24, 2.45) is 0 Å². The van der Waals surface area contributed by atoms with Crippen molar-refractivity contribution < 1.29 is 18.0 Å². The Morgan fingerprint density at radius 3 is 2.39 bits per heavy atom. The number of piperazine rings is 1. The average Bonchev–Trinajstić information content (AvgIpc) is 3.29. The Morgan fingerprint density at radius 2 is 1.74 bits per heavy atom. The fourth-order valence-corrected chi connectivity index (χ4v) is 4.05. The molecule has 3 aromatic rings. The quantitative estimate of drug-likeness (QED) is 0.606. The van der Waals surface area contributed by atoms with E-state index < -0.39 is 5.82 Å². The van der Waals surface area contributed by atoms with Gasteiger partial charge in [0.05, 0.1) is 22.9 Å². The Bertz CT molecular complexity index is 1020. The number of anilines is 1. The van der Waals surface area contributed by atoms with Crippen LogP contribution in [0.3, 0.4) is 0 Å². The maximum absolute atomic E-state index is 13.3. The van der Waals surface area contributed by atoms with Crippen LogP contribution >= 0.6 is 11.6 Å². The van der Waals surface area contributed by atoms with Crippen molar-refractivity contribution >= 4 is 23.2 Å². The molecule has 2 heterocycles. The van der Waals surface area contributed by atoms with Crippen molar-refractivity contribution in [1.29, 1.82) is 0 Å². The third-order valence-electron chi connectivity index (χ3n) is 5.45. The predicted octanol–water partition coefficient (Wildman–Crippen LogP) is 4.50. The first-order chi connectivity index (χ1) is 15.0. The molecule has 0 spiro atoms. The van der Waals surface area contributed by atoms with E-state index in [4.69, 9.17) is 16.0 Å². The molecule has 1 aromatic heterocycles. The summed E-state index contributed by atoms with van der Waals surface area (Å²) < 4.78 is 32.1. The number of halogens is 3. The van der Waals surface area contributed by atoms with Crippen molar-refractivity contribution in [1.82, 2.24) is 10.2 Å². The monoisotopic (exact) mass is 445 g/mol. The fraction of sp³-hybridized carbons (Fsp3) is 0.261. The molecule has 0 aliphatic carbocycles. The Labute approximate surface area is 184 Å². The van der Waals surface area contributed by atoms with Gasteiger partial charge in [-0.25, -0.2) is 8.78 Å². The molecule has 1 amide bonds. The van der Waals surface area contributed by atoms with E-state index in [0.717, 1.165) is 43.7 Å². The lowest BCUT2D eigenvalue weighted by Gasteiger charge is -2.39. The average molecular weight is 446 g/mol. The van der Waals surface area contributed by atoms with Gasteiger partial charge in [0.1, 0.15) is 17.4 Å². The van der Waals surface area contributed by atoms with E-state index in [1.807, 2.05) is 12.1 Å². The van der Waals surface area contributed by atoms with E-state index >= 15 is 0 Å². The van der Waals surface area contributed by atoms with Crippen LogP contribution in [-0.4, -0.2) is 43.5 Å². The van der Waals surface area contributed by atoms with Gasteiger partial charge in [-0.15, -0.1) is 0 Å². The second kappa shape index (κ2) is 9.49. The number of rotatable bonds is 6. The summed E-state index contributed by atoms with van der Waals surface area (Å²) in [7, 11) is 0. The molecule has 1 unspecified atom stereocenters. The summed E-state index contributed by atoms with van der Waals surface area (Å²) in [6, 6.07) is 13.7. The van der Waals surface area contributed by atoms with Crippen LogP contribution in [0.2, 0.25) is 5.02 Å². The van der Waals surface area contributed by atoms with E-state index in [1.54, 1.807) is 18.4 Å². The van der Waals surface area contributed by atoms with Gasteiger partial charge in [0.2, 0.25) is 0 Å². The molecule has 162 valence electrons. The molecule has 8 heteroatoms. The Balaban J connectivity index is 1.42. The summed E-state index contributed by atoms with van der Waals surface area (Å²) >= 11 is 6.01. The molecule has 0 saturated carbocycles. The number of carbonyl (C=O) groups is 1. The number of carbonyl (C=O) groups excluding carboxylic acids is 1. The Kier molecular flexibility index (Phi) is 6.53. The summed E-state index contributed by atoms with van der Waals surface area (Å²) in [6.07, 6.45) is 1.61. The van der Waals surface area contributed by atoms with Crippen LogP contribution in [0.1, 0.15) is 22.2 Å². The zero-order chi connectivity index (χ0) is 21.8. The van der Waals surface area contributed by atoms with Gasteiger partial charge in [-0.1, -0.05) is 11.6 Å². The minimum Gasteiger partial charge on any atom is -0.468 e. The fourth-order valence-electron chi connectivity index (χ4n) is 3.79. The molecular formula is C23H22ClF2N3O2. The molecule has 1 aliphatic rings. The van der Waals surface area contributed by atoms with Gasteiger partial charge in [0.15, 0.2) is 0 Å². The predicted molar refractivity (Wildman–Crippen MR) is 115 cm³/mol.